The molecule has 1 N–H and O–H groups in total. The summed E-state index contributed by atoms with van der Waals surface area (Å²) in [6, 6.07) is 3.72. The van der Waals surface area contributed by atoms with Crippen LogP contribution in [0.4, 0.5) is 5.13 Å². The van der Waals surface area contributed by atoms with E-state index in [1.807, 2.05) is 12.1 Å². The van der Waals surface area contributed by atoms with Crippen LogP contribution in [0.3, 0.4) is 0 Å². The smallest absolute Gasteiger partial charge is 0.226 e. The van der Waals surface area contributed by atoms with Gasteiger partial charge in [0, 0.05) is 17.3 Å². The van der Waals surface area contributed by atoms with Crippen molar-refractivity contribution in [3.8, 4) is 11.5 Å². The zero-order chi connectivity index (χ0) is 17.5. The van der Waals surface area contributed by atoms with Crippen molar-refractivity contribution in [2.24, 2.45) is 0 Å². The maximum Gasteiger partial charge on any atom is 0.226 e. The number of hydrogen-bond acceptors (Lipinski definition) is 6. The van der Waals surface area contributed by atoms with Gasteiger partial charge in [0.05, 0.1) is 14.2 Å². The van der Waals surface area contributed by atoms with Gasteiger partial charge in [0.1, 0.15) is 5.01 Å². The molecule has 1 aromatic carbocycles. The number of aryl methyl sites for hydroxylation is 2. The van der Waals surface area contributed by atoms with Gasteiger partial charge in [-0.05, 0) is 30.5 Å². The quantitative estimate of drug-likeness (QED) is 0.711. The van der Waals surface area contributed by atoms with E-state index in [0.29, 0.717) is 29.5 Å². The molecule has 1 amide bonds. The average molecular weight is 414 g/mol. The first-order chi connectivity index (χ1) is 11.6. The molecule has 0 spiro atoms. The average Bonchev–Trinajstić information content (AvgIpc) is 3.00. The Morgan fingerprint density at radius 2 is 1.92 bits per heavy atom. The minimum absolute atomic E-state index is 0.0871. The van der Waals surface area contributed by atoms with Gasteiger partial charge >= 0.3 is 0 Å². The van der Waals surface area contributed by atoms with Crippen LogP contribution in [0.15, 0.2) is 16.6 Å². The van der Waals surface area contributed by atoms with Gasteiger partial charge in [-0.1, -0.05) is 34.2 Å². The highest BCUT2D eigenvalue weighted by Gasteiger charge is 2.12. The van der Waals surface area contributed by atoms with Crippen molar-refractivity contribution < 1.29 is 14.3 Å². The molecule has 1 heterocycles. The van der Waals surface area contributed by atoms with Crippen molar-refractivity contribution in [2.75, 3.05) is 19.5 Å². The molecular weight excluding hydrogens is 394 g/mol. The van der Waals surface area contributed by atoms with E-state index in [-0.39, 0.29) is 5.91 Å². The number of rotatable bonds is 8. The number of halogens is 1. The monoisotopic (exact) mass is 413 g/mol. The van der Waals surface area contributed by atoms with Gasteiger partial charge < -0.3 is 14.8 Å². The summed E-state index contributed by atoms with van der Waals surface area (Å²) in [5.74, 6) is 1.20. The van der Waals surface area contributed by atoms with E-state index in [1.165, 1.54) is 11.3 Å². The molecule has 2 rings (SSSR count). The Morgan fingerprint density at radius 3 is 2.58 bits per heavy atom. The third-order valence-electron chi connectivity index (χ3n) is 3.35. The van der Waals surface area contributed by atoms with Crippen molar-refractivity contribution in [2.45, 2.75) is 32.6 Å². The van der Waals surface area contributed by atoms with Crippen LogP contribution in [-0.2, 0) is 17.6 Å². The number of nitrogens with one attached hydrogen (secondary N) is 1. The summed E-state index contributed by atoms with van der Waals surface area (Å²) in [7, 11) is 3.18. The minimum Gasteiger partial charge on any atom is -0.493 e. The molecule has 130 valence electrons. The van der Waals surface area contributed by atoms with Crippen LogP contribution in [0.1, 0.15) is 30.3 Å². The fourth-order valence-electron chi connectivity index (χ4n) is 2.14. The second-order valence-corrected chi connectivity index (χ2v) is 7.01. The molecule has 0 saturated heterocycles. The van der Waals surface area contributed by atoms with E-state index in [4.69, 9.17) is 9.47 Å². The first-order valence-corrected chi connectivity index (χ1v) is 9.21. The van der Waals surface area contributed by atoms with Crippen LogP contribution in [0.25, 0.3) is 0 Å². The molecule has 0 saturated carbocycles. The lowest BCUT2D eigenvalue weighted by Crippen LogP contribution is -2.12. The van der Waals surface area contributed by atoms with Crippen molar-refractivity contribution in [1.82, 2.24) is 10.2 Å². The highest BCUT2D eigenvalue weighted by Crippen LogP contribution is 2.33. The molecule has 24 heavy (non-hydrogen) atoms. The van der Waals surface area contributed by atoms with Crippen molar-refractivity contribution in [1.29, 1.82) is 0 Å². The van der Waals surface area contributed by atoms with Crippen LogP contribution >= 0.6 is 27.3 Å². The Labute approximate surface area is 153 Å². The number of anilines is 1. The number of amides is 1. The number of hydrogen-bond donors (Lipinski definition) is 1. The van der Waals surface area contributed by atoms with Crippen LogP contribution in [0.5, 0.6) is 11.5 Å². The highest BCUT2D eigenvalue weighted by atomic mass is 79.9. The first-order valence-electron chi connectivity index (χ1n) is 7.60. The van der Waals surface area contributed by atoms with Crippen LogP contribution in [0.2, 0.25) is 0 Å². The molecule has 0 unspecified atom stereocenters. The molecular formula is C16H20BrN3O3S. The van der Waals surface area contributed by atoms with Gasteiger partial charge in [-0.25, -0.2) is 0 Å². The summed E-state index contributed by atoms with van der Waals surface area (Å²) >= 11 is 4.92. The third kappa shape index (κ3) is 4.91. The molecule has 8 heteroatoms. The molecule has 0 atom stereocenters. The Balaban J connectivity index is 1.95. The summed E-state index contributed by atoms with van der Waals surface area (Å²) < 4.78 is 11.4. The Morgan fingerprint density at radius 1 is 1.21 bits per heavy atom. The standard InChI is InChI=1S/C16H20BrN3O3S/c1-4-5-15-19-20-16(24-15)18-14(21)7-6-10-8-12(22-2)13(23-3)9-11(10)17/h8-9H,4-7H2,1-3H3,(H,18,20,21). The number of methoxy groups -OCH3 is 2. The van der Waals surface area contributed by atoms with Gasteiger partial charge in [0.15, 0.2) is 11.5 Å². The van der Waals surface area contributed by atoms with E-state index in [0.717, 1.165) is 27.9 Å². The van der Waals surface area contributed by atoms with Gasteiger partial charge in [-0.3, -0.25) is 4.79 Å². The summed E-state index contributed by atoms with van der Waals surface area (Å²) in [5.41, 5.74) is 0.978. The Kier molecular flexibility index (Phi) is 6.99. The molecule has 0 radical (unpaired) electrons. The maximum absolute atomic E-state index is 12.1. The Hall–Kier alpha value is -1.67. The van der Waals surface area contributed by atoms with Gasteiger partial charge in [-0.2, -0.15) is 0 Å². The predicted octanol–water partition coefficient (Wildman–Crippen LogP) is 3.84. The SMILES string of the molecule is CCCc1nnc(NC(=O)CCc2cc(OC)c(OC)cc2Br)s1. The number of carbonyl (C=O) groups excluding carboxylic acids is 1. The topological polar surface area (TPSA) is 73.3 Å². The molecule has 2 aromatic rings. The number of aromatic nitrogens is 2. The minimum atomic E-state index is -0.0871. The second kappa shape index (κ2) is 8.98. The van der Waals surface area contributed by atoms with E-state index in [2.05, 4.69) is 38.4 Å². The Bertz CT molecular complexity index is 706. The van der Waals surface area contributed by atoms with Crippen molar-refractivity contribution in [3.63, 3.8) is 0 Å². The van der Waals surface area contributed by atoms with Crippen LogP contribution < -0.4 is 14.8 Å². The van der Waals surface area contributed by atoms with Crippen molar-refractivity contribution in [3.05, 3.63) is 27.2 Å². The predicted molar refractivity (Wildman–Crippen MR) is 98.1 cm³/mol. The van der Waals surface area contributed by atoms with Crippen molar-refractivity contribution >= 4 is 38.3 Å². The zero-order valence-corrected chi connectivity index (χ0v) is 16.3. The number of ether oxygens (including phenoxy) is 2. The fourth-order valence-corrected chi connectivity index (χ4v) is 3.52. The number of carbonyl (C=O) groups is 1. The summed E-state index contributed by atoms with van der Waals surface area (Å²) in [6.45, 7) is 2.08. The molecule has 0 aliphatic heterocycles. The molecule has 0 bridgehead atoms. The van der Waals surface area contributed by atoms with Crippen LogP contribution in [-0.4, -0.2) is 30.3 Å². The lowest BCUT2D eigenvalue weighted by Gasteiger charge is -2.11. The highest BCUT2D eigenvalue weighted by molar-refractivity contribution is 9.10. The van der Waals surface area contributed by atoms with Crippen LogP contribution in [0, 0.1) is 0 Å². The van der Waals surface area contributed by atoms with E-state index in [1.54, 1.807) is 14.2 Å². The lowest BCUT2D eigenvalue weighted by molar-refractivity contribution is -0.116. The number of nitrogens with zero attached hydrogens (tertiary/aromatic N) is 2. The largest absolute Gasteiger partial charge is 0.493 e. The normalized spacial score (nSPS) is 10.5. The maximum atomic E-state index is 12.1. The molecule has 0 aliphatic rings. The van der Waals surface area contributed by atoms with Gasteiger partial charge in [-0.15, -0.1) is 10.2 Å². The van der Waals surface area contributed by atoms with Gasteiger partial charge in [0.25, 0.3) is 0 Å². The molecule has 1 aromatic heterocycles. The third-order valence-corrected chi connectivity index (χ3v) is 4.99. The van der Waals surface area contributed by atoms with E-state index >= 15 is 0 Å². The summed E-state index contributed by atoms with van der Waals surface area (Å²) in [4.78, 5) is 12.1. The van der Waals surface area contributed by atoms with E-state index in [9.17, 15) is 4.79 Å². The zero-order valence-electron chi connectivity index (χ0n) is 13.9. The summed E-state index contributed by atoms with van der Waals surface area (Å²) in [5, 5.41) is 12.3. The van der Waals surface area contributed by atoms with Gasteiger partial charge in [0.2, 0.25) is 11.0 Å². The molecule has 0 aliphatic carbocycles. The first kappa shape index (κ1) is 18.7. The lowest BCUT2D eigenvalue weighted by atomic mass is 10.1. The fraction of sp³-hybridized carbons (Fsp3) is 0.438. The molecule has 6 nitrogen and oxygen atoms in total. The second-order valence-electron chi connectivity index (χ2n) is 5.10. The number of benzene rings is 1. The molecule has 0 fully saturated rings. The van der Waals surface area contributed by atoms with E-state index < -0.39 is 0 Å². The summed E-state index contributed by atoms with van der Waals surface area (Å²) in [6.07, 6.45) is 2.81.